The van der Waals surface area contributed by atoms with Crippen molar-refractivity contribution in [2.24, 2.45) is 0 Å². The fourth-order valence-corrected chi connectivity index (χ4v) is 5.26. The van der Waals surface area contributed by atoms with Crippen molar-refractivity contribution in [3.05, 3.63) is 53.8 Å². The van der Waals surface area contributed by atoms with Crippen molar-refractivity contribution >= 4 is 34.8 Å². The highest BCUT2D eigenvalue weighted by molar-refractivity contribution is 8.00. The molecule has 7 heteroatoms. The number of benzene rings is 2. The van der Waals surface area contributed by atoms with E-state index in [1.54, 1.807) is 12.1 Å². The van der Waals surface area contributed by atoms with Gasteiger partial charge in [-0.15, -0.1) is 11.8 Å². The van der Waals surface area contributed by atoms with E-state index in [1.165, 1.54) is 13.0 Å². The number of anilines is 2. The van der Waals surface area contributed by atoms with Gasteiger partial charge >= 0.3 is 0 Å². The molecule has 31 heavy (non-hydrogen) atoms. The fraction of sp³-hybridized carbons (Fsp3) is 0.417. The molecule has 1 saturated heterocycles. The number of carbonyl (C=O) groups excluding carboxylic acids is 2. The Balaban J connectivity index is 1.38. The number of ketones is 1. The van der Waals surface area contributed by atoms with Gasteiger partial charge < -0.3 is 9.80 Å². The predicted molar refractivity (Wildman–Crippen MR) is 124 cm³/mol. The first-order valence-electron chi connectivity index (χ1n) is 10.8. The summed E-state index contributed by atoms with van der Waals surface area (Å²) in [7, 11) is 0. The summed E-state index contributed by atoms with van der Waals surface area (Å²) in [4.78, 5) is 31.8. The first-order valence-corrected chi connectivity index (χ1v) is 11.6. The molecular formula is C24H28FN3O2S. The van der Waals surface area contributed by atoms with Crippen molar-refractivity contribution in [1.29, 1.82) is 0 Å². The molecule has 2 heterocycles. The number of Topliss-reactive ketones (excluding diaryl/α,β-unsaturated/α-hetero) is 1. The van der Waals surface area contributed by atoms with Crippen LogP contribution in [0.5, 0.6) is 0 Å². The molecule has 2 aliphatic heterocycles. The third-order valence-electron chi connectivity index (χ3n) is 5.97. The smallest absolute Gasteiger partial charge is 0.241 e. The Hall–Kier alpha value is -2.38. The van der Waals surface area contributed by atoms with E-state index in [4.69, 9.17) is 0 Å². The highest BCUT2D eigenvalue weighted by Crippen LogP contribution is 2.37. The number of piperazine rings is 1. The number of halogens is 1. The van der Waals surface area contributed by atoms with E-state index in [0.717, 1.165) is 23.5 Å². The Morgan fingerprint density at radius 3 is 2.48 bits per heavy atom. The summed E-state index contributed by atoms with van der Waals surface area (Å²) < 4.78 is 14.5. The summed E-state index contributed by atoms with van der Waals surface area (Å²) in [6.45, 7) is 7.43. The molecule has 0 aromatic heterocycles. The van der Waals surface area contributed by atoms with Gasteiger partial charge in [0.25, 0.3) is 0 Å². The summed E-state index contributed by atoms with van der Waals surface area (Å²) in [6.07, 6.45) is 0.967. The minimum Gasteiger partial charge on any atom is -0.367 e. The lowest BCUT2D eigenvalue weighted by atomic mass is 10.1. The van der Waals surface area contributed by atoms with Crippen molar-refractivity contribution in [3.63, 3.8) is 0 Å². The van der Waals surface area contributed by atoms with Crippen LogP contribution in [0.15, 0.2) is 47.4 Å². The second-order valence-electron chi connectivity index (χ2n) is 8.22. The second kappa shape index (κ2) is 9.40. The Kier molecular flexibility index (Phi) is 6.62. The van der Waals surface area contributed by atoms with Gasteiger partial charge in [-0.3, -0.25) is 14.5 Å². The number of nitrogens with zero attached hydrogens (tertiary/aromatic N) is 3. The summed E-state index contributed by atoms with van der Waals surface area (Å²) in [6, 6.07) is 12.8. The predicted octanol–water partition coefficient (Wildman–Crippen LogP) is 4.07. The maximum Gasteiger partial charge on any atom is 0.241 e. The fourth-order valence-electron chi connectivity index (χ4n) is 4.15. The monoisotopic (exact) mass is 441 g/mol. The van der Waals surface area contributed by atoms with E-state index in [-0.39, 0.29) is 17.5 Å². The van der Waals surface area contributed by atoms with Crippen LogP contribution >= 0.6 is 11.8 Å². The number of hydrogen-bond donors (Lipinski definition) is 0. The lowest BCUT2D eigenvalue weighted by molar-refractivity contribution is -0.119. The van der Waals surface area contributed by atoms with Crippen molar-refractivity contribution in [2.45, 2.75) is 30.4 Å². The van der Waals surface area contributed by atoms with Gasteiger partial charge in [-0.05, 0) is 43.7 Å². The highest BCUT2D eigenvalue weighted by Gasteiger charge is 2.27. The topological polar surface area (TPSA) is 43.9 Å². The number of fused-ring (bicyclic) bond motifs is 1. The average molecular weight is 442 g/mol. The normalized spacial score (nSPS) is 19.6. The van der Waals surface area contributed by atoms with Crippen LogP contribution in [0.2, 0.25) is 0 Å². The third kappa shape index (κ3) is 4.93. The molecule has 0 saturated carbocycles. The minimum atomic E-state index is -0.370. The van der Waals surface area contributed by atoms with Crippen LogP contribution in [0.25, 0.3) is 0 Å². The Morgan fingerprint density at radius 1 is 1.03 bits per heavy atom. The molecule has 0 spiro atoms. The van der Waals surface area contributed by atoms with Crippen LogP contribution in [0.3, 0.4) is 0 Å². The molecule has 0 unspecified atom stereocenters. The third-order valence-corrected chi connectivity index (χ3v) is 7.21. The van der Waals surface area contributed by atoms with E-state index in [1.807, 2.05) is 39.8 Å². The highest BCUT2D eigenvalue weighted by atomic mass is 32.2. The van der Waals surface area contributed by atoms with Crippen LogP contribution in [-0.4, -0.2) is 61.1 Å². The number of hydrogen-bond acceptors (Lipinski definition) is 5. The quantitative estimate of drug-likeness (QED) is 0.670. The number of carbonyl (C=O) groups is 2. The van der Waals surface area contributed by atoms with E-state index in [0.29, 0.717) is 49.2 Å². The molecule has 2 aromatic carbocycles. The summed E-state index contributed by atoms with van der Waals surface area (Å²) in [5, 5.41) is 0.479. The van der Waals surface area contributed by atoms with Crippen molar-refractivity contribution in [1.82, 2.24) is 4.90 Å². The molecule has 0 bridgehead atoms. The largest absolute Gasteiger partial charge is 0.367 e. The number of para-hydroxylation sites is 1. The molecule has 2 aromatic rings. The molecule has 164 valence electrons. The molecule has 4 rings (SSSR count). The molecule has 0 N–H and O–H groups in total. The van der Waals surface area contributed by atoms with Gasteiger partial charge in [0.05, 0.1) is 17.9 Å². The van der Waals surface area contributed by atoms with Crippen LogP contribution in [0.1, 0.15) is 30.6 Å². The molecule has 5 nitrogen and oxygen atoms in total. The molecule has 1 amide bonds. The maximum absolute atomic E-state index is 14.5. The SMILES string of the molecule is CC(=O)c1ccc(N2CCN(CC(=O)N3CC[C@H](C)Sc4ccccc43)CC2)c(F)c1. The van der Waals surface area contributed by atoms with E-state index in [2.05, 4.69) is 17.9 Å². The minimum absolute atomic E-state index is 0.118. The Labute approximate surface area is 187 Å². The number of rotatable bonds is 4. The van der Waals surface area contributed by atoms with Gasteiger partial charge in [0.15, 0.2) is 5.78 Å². The standard InChI is InChI=1S/C24H28FN3O2S/c1-17-9-10-28(22-5-3-4-6-23(22)31-17)24(30)16-26-11-13-27(14-12-26)21-8-7-19(18(2)29)15-20(21)25/h3-8,15,17H,9-14,16H2,1-2H3/t17-/m0/s1. The molecule has 1 fully saturated rings. The van der Waals surface area contributed by atoms with Gasteiger partial charge in [0.2, 0.25) is 5.91 Å². The van der Waals surface area contributed by atoms with Gasteiger partial charge in [-0.25, -0.2) is 4.39 Å². The van der Waals surface area contributed by atoms with Crippen LogP contribution in [-0.2, 0) is 4.79 Å². The maximum atomic E-state index is 14.5. The zero-order valence-electron chi connectivity index (χ0n) is 18.0. The zero-order chi connectivity index (χ0) is 22.0. The molecule has 1 atom stereocenters. The second-order valence-corrected chi connectivity index (χ2v) is 9.70. The summed E-state index contributed by atoms with van der Waals surface area (Å²) >= 11 is 1.83. The number of thioether (sulfide) groups is 1. The first kappa shape index (κ1) is 21.8. The first-order chi connectivity index (χ1) is 14.9. The van der Waals surface area contributed by atoms with Crippen LogP contribution in [0.4, 0.5) is 15.8 Å². The molecule has 2 aliphatic rings. The Bertz CT molecular complexity index is 975. The molecule has 0 aliphatic carbocycles. The summed E-state index contributed by atoms with van der Waals surface area (Å²) in [5.41, 5.74) is 1.91. The van der Waals surface area contributed by atoms with E-state index < -0.39 is 0 Å². The van der Waals surface area contributed by atoms with Crippen molar-refractivity contribution in [3.8, 4) is 0 Å². The average Bonchev–Trinajstić information content (AvgIpc) is 2.92. The van der Waals surface area contributed by atoms with Gasteiger partial charge in [0, 0.05) is 48.4 Å². The van der Waals surface area contributed by atoms with E-state index in [9.17, 15) is 14.0 Å². The van der Waals surface area contributed by atoms with Crippen LogP contribution < -0.4 is 9.80 Å². The molecule has 0 radical (unpaired) electrons. The van der Waals surface area contributed by atoms with Crippen molar-refractivity contribution < 1.29 is 14.0 Å². The lowest BCUT2D eigenvalue weighted by Gasteiger charge is -2.36. The molecular weight excluding hydrogens is 413 g/mol. The van der Waals surface area contributed by atoms with Crippen molar-refractivity contribution in [2.75, 3.05) is 49.1 Å². The van der Waals surface area contributed by atoms with Gasteiger partial charge in [-0.2, -0.15) is 0 Å². The Morgan fingerprint density at radius 2 is 1.77 bits per heavy atom. The number of amides is 1. The van der Waals surface area contributed by atoms with Gasteiger partial charge in [-0.1, -0.05) is 19.1 Å². The van der Waals surface area contributed by atoms with Gasteiger partial charge in [0.1, 0.15) is 5.82 Å². The van der Waals surface area contributed by atoms with Crippen LogP contribution in [0, 0.1) is 5.82 Å². The van der Waals surface area contributed by atoms with E-state index >= 15 is 0 Å². The zero-order valence-corrected chi connectivity index (χ0v) is 18.8. The summed E-state index contributed by atoms with van der Waals surface area (Å²) in [5.74, 6) is -0.394. The lowest BCUT2D eigenvalue weighted by Crippen LogP contribution is -2.50.